The first kappa shape index (κ1) is 19.1. The normalized spacial score (nSPS) is 11.6. The number of carbonyl (C=O) groups is 2. The number of unbranched alkanes of at least 4 members (excludes halogenated alkanes) is 1. The van der Waals surface area contributed by atoms with Crippen LogP contribution in [0.25, 0.3) is 0 Å². The van der Waals surface area contributed by atoms with Crippen molar-refractivity contribution < 1.29 is 14.4 Å². The van der Waals surface area contributed by atoms with Gasteiger partial charge in [-0.2, -0.15) is 4.73 Å². The summed E-state index contributed by atoms with van der Waals surface area (Å²) in [6, 6.07) is 5.12. The molecule has 0 aliphatic carbocycles. The van der Waals surface area contributed by atoms with Gasteiger partial charge in [0.2, 0.25) is 5.91 Å². The molecule has 0 fully saturated rings. The highest BCUT2D eigenvalue weighted by atomic mass is 32.1. The molecule has 1 atom stereocenters. The first-order valence-corrected chi connectivity index (χ1v) is 8.25. The second kappa shape index (κ2) is 9.94. The largest absolute Gasteiger partial charge is 0.345 e. The summed E-state index contributed by atoms with van der Waals surface area (Å²) in [7, 11) is 0. The van der Waals surface area contributed by atoms with Gasteiger partial charge in [-0.15, -0.1) is 6.58 Å². The van der Waals surface area contributed by atoms with Crippen molar-refractivity contribution in [3.63, 3.8) is 0 Å². The SMILES string of the molecule is C=CCCCC(C(=O)On1ccccc1=S)C(=O)N(CC)CC. The van der Waals surface area contributed by atoms with Gasteiger partial charge in [0.05, 0.1) is 0 Å². The van der Waals surface area contributed by atoms with Crippen molar-refractivity contribution in [1.29, 1.82) is 0 Å². The summed E-state index contributed by atoms with van der Waals surface area (Å²) in [5.74, 6) is -1.60. The fourth-order valence-corrected chi connectivity index (χ4v) is 2.39. The third-order valence-corrected chi connectivity index (χ3v) is 3.85. The van der Waals surface area contributed by atoms with Crippen molar-refractivity contribution >= 4 is 24.1 Å². The molecule has 23 heavy (non-hydrogen) atoms. The summed E-state index contributed by atoms with van der Waals surface area (Å²) in [5, 5.41) is 0. The molecule has 1 aromatic rings. The van der Waals surface area contributed by atoms with Crippen LogP contribution in [0.1, 0.15) is 33.1 Å². The average Bonchev–Trinajstić information content (AvgIpc) is 2.54. The van der Waals surface area contributed by atoms with Gasteiger partial charge in [-0.3, -0.25) is 4.79 Å². The molecule has 1 amide bonds. The Kier molecular flexibility index (Phi) is 8.26. The van der Waals surface area contributed by atoms with E-state index in [1.807, 2.05) is 13.8 Å². The molecule has 0 radical (unpaired) electrons. The van der Waals surface area contributed by atoms with E-state index in [4.69, 9.17) is 17.1 Å². The van der Waals surface area contributed by atoms with Gasteiger partial charge in [0.15, 0.2) is 0 Å². The Balaban J connectivity index is 2.91. The molecule has 1 rings (SSSR count). The predicted octanol–water partition coefficient (Wildman–Crippen LogP) is 3.01. The average molecular weight is 336 g/mol. The van der Waals surface area contributed by atoms with Crippen molar-refractivity contribution in [3.8, 4) is 0 Å². The van der Waals surface area contributed by atoms with Crippen LogP contribution in [0.5, 0.6) is 0 Å². The molecule has 1 heterocycles. The molecule has 0 spiro atoms. The third kappa shape index (κ3) is 5.63. The Bertz CT molecular complexity index is 594. The number of hydrogen-bond donors (Lipinski definition) is 0. The number of hydrogen-bond acceptors (Lipinski definition) is 4. The maximum atomic E-state index is 12.6. The molecule has 126 valence electrons. The highest BCUT2D eigenvalue weighted by Crippen LogP contribution is 2.14. The molecule has 5 nitrogen and oxygen atoms in total. The van der Waals surface area contributed by atoms with Crippen molar-refractivity contribution in [2.45, 2.75) is 33.1 Å². The number of nitrogens with zero attached hydrogens (tertiary/aromatic N) is 2. The van der Waals surface area contributed by atoms with Gasteiger partial charge in [-0.25, -0.2) is 4.79 Å². The molecular weight excluding hydrogens is 312 g/mol. The molecule has 0 saturated heterocycles. The van der Waals surface area contributed by atoms with E-state index in [1.165, 1.54) is 4.73 Å². The minimum atomic E-state index is -0.822. The second-order valence-electron chi connectivity index (χ2n) is 5.06. The number of aromatic nitrogens is 1. The van der Waals surface area contributed by atoms with Crippen LogP contribution in [-0.4, -0.2) is 34.6 Å². The van der Waals surface area contributed by atoms with Crippen molar-refractivity contribution in [2.75, 3.05) is 13.1 Å². The second-order valence-corrected chi connectivity index (χ2v) is 5.48. The summed E-state index contributed by atoms with van der Waals surface area (Å²) in [6.07, 6.45) is 5.22. The van der Waals surface area contributed by atoms with Gasteiger partial charge in [-0.05, 0) is 45.2 Å². The van der Waals surface area contributed by atoms with Crippen LogP contribution >= 0.6 is 12.2 Å². The monoisotopic (exact) mass is 336 g/mol. The summed E-state index contributed by atoms with van der Waals surface area (Å²) in [4.78, 5) is 32.0. The Morgan fingerprint density at radius 1 is 1.39 bits per heavy atom. The fourth-order valence-electron chi connectivity index (χ4n) is 2.21. The molecular formula is C17H24N2O3S. The van der Waals surface area contributed by atoms with E-state index in [0.717, 1.165) is 6.42 Å². The number of rotatable bonds is 9. The Morgan fingerprint density at radius 3 is 2.65 bits per heavy atom. The summed E-state index contributed by atoms with van der Waals surface area (Å²) >= 11 is 5.10. The first-order valence-electron chi connectivity index (χ1n) is 7.84. The molecule has 0 aliphatic heterocycles. The first-order chi connectivity index (χ1) is 11.0. The molecule has 0 aliphatic rings. The van der Waals surface area contributed by atoms with Crippen molar-refractivity contribution in [1.82, 2.24) is 9.63 Å². The van der Waals surface area contributed by atoms with Crippen LogP contribution in [-0.2, 0) is 9.59 Å². The van der Waals surface area contributed by atoms with Crippen molar-refractivity contribution in [3.05, 3.63) is 41.7 Å². The quantitative estimate of drug-likeness (QED) is 0.301. The van der Waals surface area contributed by atoms with E-state index in [0.29, 0.717) is 30.6 Å². The van der Waals surface area contributed by atoms with E-state index in [1.54, 1.807) is 35.4 Å². The van der Waals surface area contributed by atoms with Gasteiger partial charge >= 0.3 is 5.97 Å². The zero-order valence-corrected chi connectivity index (χ0v) is 14.6. The zero-order valence-electron chi connectivity index (χ0n) is 13.7. The van der Waals surface area contributed by atoms with Crippen LogP contribution in [0.4, 0.5) is 0 Å². The predicted molar refractivity (Wildman–Crippen MR) is 92.3 cm³/mol. The smallest absolute Gasteiger partial charge is 0.343 e. The van der Waals surface area contributed by atoms with Crippen LogP contribution < -0.4 is 4.84 Å². The van der Waals surface area contributed by atoms with Gasteiger partial charge in [0.1, 0.15) is 10.6 Å². The van der Waals surface area contributed by atoms with Gasteiger partial charge in [0.25, 0.3) is 0 Å². The lowest BCUT2D eigenvalue weighted by Gasteiger charge is -2.24. The Hall–Kier alpha value is -1.95. The minimum Gasteiger partial charge on any atom is -0.343 e. The number of pyridine rings is 1. The zero-order chi connectivity index (χ0) is 17.2. The lowest BCUT2D eigenvalue weighted by Crippen LogP contribution is -2.42. The van der Waals surface area contributed by atoms with Gasteiger partial charge in [0, 0.05) is 19.3 Å². The van der Waals surface area contributed by atoms with E-state index in [9.17, 15) is 9.59 Å². The standard InChI is InChI=1S/C17H24N2O3S/c1-4-7-8-11-14(16(20)18(5-2)6-3)17(21)22-19-13-10-9-12-15(19)23/h4,9-10,12-14H,1,5-8,11H2,2-3H3. The van der Waals surface area contributed by atoms with E-state index >= 15 is 0 Å². The van der Waals surface area contributed by atoms with Crippen LogP contribution in [0.3, 0.4) is 0 Å². The molecule has 0 N–H and O–H groups in total. The molecule has 0 saturated carbocycles. The van der Waals surface area contributed by atoms with Crippen LogP contribution in [0.2, 0.25) is 0 Å². The lowest BCUT2D eigenvalue weighted by molar-refractivity contribution is -0.156. The molecule has 0 aromatic carbocycles. The third-order valence-electron chi connectivity index (χ3n) is 3.54. The lowest BCUT2D eigenvalue weighted by atomic mass is 10.0. The highest BCUT2D eigenvalue weighted by molar-refractivity contribution is 7.71. The van der Waals surface area contributed by atoms with Gasteiger partial charge < -0.3 is 9.74 Å². The summed E-state index contributed by atoms with van der Waals surface area (Å²) in [5.41, 5.74) is 0. The maximum Gasteiger partial charge on any atom is 0.345 e. The summed E-state index contributed by atoms with van der Waals surface area (Å²) in [6.45, 7) is 8.57. The Morgan fingerprint density at radius 2 is 2.09 bits per heavy atom. The maximum absolute atomic E-state index is 12.6. The van der Waals surface area contributed by atoms with Crippen molar-refractivity contribution in [2.24, 2.45) is 5.92 Å². The van der Waals surface area contributed by atoms with E-state index in [-0.39, 0.29) is 5.91 Å². The molecule has 0 bridgehead atoms. The topological polar surface area (TPSA) is 51.5 Å². The number of allylic oxidation sites excluding steroid dienone is 1. The van der Waals surface area contributed by atoms with E-state index in [2.05, 4.69) is 6.58 Å². The van der Waals surface area contributed by atoms with Gasteiger partial charge in [-0.1, -0.05) is 24.4 Å². The van der Waals surface area contributed by atoms with Crippen LogP contribution in [0.15, 0.2) is 37.1 Å². The molecule has 6 heteroatoms. The van der Waals surface area contributed by atoms with E-state index < -0.39 is 11.9 Å². The Labute approximate surface area is 142 Å². The fraction of sp³-hybridized carbons (Fsp3) is 0.471. The summed E-state index contributed by atoms with van der Waals surface area (Å²) < 4.78 is 1.59. The minimum absolute atomic E-state index is 0.202. The highest BCUT2D eigenvalue weighted by Gasteiger charge is 2.31. The molecule has 1 aromatic heterocycles. The molecule has 1 unspecified atom stereocenters. The number of amides is 1. The number of carbonyl (C=O) groups excluding carboxylic acids is 2. The van der Waals surface area contributed by atoms with Crippen LogP contribution in [0, 0.1) is 10.6 Å².